The fourth-order valence-electron chi connectivity index (χ4n) is 3.92. The lowest BCUT2D eigenvalue weighted by atomic mass is 9.99. The average Bonchev–Trinajstić information content (AvgIpc) is 3.49. The molecule has 1 saturated carbocycles. The lowest BCUT2D eigenvalue weighted by molar-refractivity contribution is 0.201. The Morgan fingerprint density at radius 2 is 2.00 bits per heavy atom. The van der Waals surface area contributed by atoms with E-state index < -0.39 is 17.7 Å². The first-order valence-electron chi connectivity index (χ1n) is 9.84. The number of hydrogen-bond donors (Lipinski definition) is 1. The van der Waals surface area contributed by atoms with Gasteiger partial charge in [-0.2, -0.15) is 9.61 Å². The summed E-state index contributed by atoms with van der Waals surface area (Å²) in [5, 5.41) is 19.6. The molecule has 1 atom stereocenters. The topological polar surface area (TPSA) is 93.9 Å². The maximum absolute atomic E-state index is 14.4. The second kappa shape index (κ2) is 7.43. The summed E-state index contributed by atoms with van der Waals surface area (Å²) in [4.78, 5) is 4.14. The van der Waals surface area contributed by atoms with Crippen LogP contribution >= 0.6 is 0 Å². The molecule has 154 valence electrons. The van der Waals surface area contributed by atoms with Crippen LogP contribution in [-0.4, -0.2) is 35.0 Å². The summed E-state index contributed by atoms with van der Waals surface area (Å²) in [7, 11) is 0. The maximum Gasteiger partial charge on any atom is 0.236 e. The Kier molecular flexibility index (Phi) is 4.61. The Balaban J connectivity index is 1.62. The van der Waals surface area contributed by atoms with Gasteiger partial charge in [-0.25, -0.2) is 13.8 Å². The molecule has 0 radical (unpaired) electrons. The Labute approximate surface area is 170 Å². The fraction of sp³-hybridized carbons (Fsp3) is 0.350. The van der Waals surface area contributed by atoms with E-state index in [-0.39, 0.29) is 11.4 Å². The summed E-state index contributed by atoms with van der Waals surface area (Å²) in [6, 6.07) is 5.20. The van der Waals surface area contributed by atoms with Crippen molar-refractivity contribution >= 4 is 5.65 Å². The minimum Gasteiger partial charge on any atom is -0.465 e. The van der Waals surface area contributed by atoms with Gasteiger partial charge in [-0.05, 0) is 43.9 Å². The summed E-state index contributed by atoms with van der Waals surface area (Å²) in [6.45, 7) is 1.83. The van der Waals surface area contributed by atoms with Gasteiger partial charge in [0.1, 0.15) is 18.0 Å². The number of aromatic amines is 1. The molecule has 3 aromatic heterocycles. The fourth-order valence-corrected chi connectivity index (χ4v) is 3.92. The number of rotatable bonds is 5. The molecule has 10 heteroatoms. The van der Waals surface area contributed by atoms with Gasteiger partial charge in [0, 0.05) is 11.6 Å². The minimum atomic E-state index is -0.734. The molecule has 3 heterocycles. The smallest absolute Gasteiger partial charge is 0.236 e. The molecule has 0 saturated heterocycles. The number of nitrogens with zero attached hydrogens (tertiary/aromatic N) is 6. The first-order chi connectivity index (χ1) is 14.6. The molecule has 1 aliphatic rings. The highest BCUT2D eigenvalue weighted by Gasteiger charge is 2.26. The van der Waals surface area contributed by atoms with Crippen LogP contribution in [0.25, 0.3) is 17.0 Å². The highest BCUT2D eigenvalue weighted by molar-refractivity contribution is 5.60. The largest absolute Gasteiger partial charge is 0.465 e. The third-order valence-electron chi connectivity index (χ3n) is 5.44. The molecule has 1 aromatic carbocycles. The average molecular weight is 411 g/mol. The second-order valence-corrected chi connectivity index (χ2v) is 7.42. The molecule has 4 aromatic rings. The molecule has 30 heavy (non-hydrogen) atoms. The molecule has 1 aliphatic carbocycles. The first-order valence-corrected chi connectivity index (χ1v) is 9.84. The van der Waals surface area contributed by atoms with Crippen LogP contribution < -0.4 is 4.74 Å². The van der Waals surface area contributed by atoms with Gasteiger partial charge in [0.05, 0.1) is 5.56 Å². The number of nitrogens with one attached hydrogen (secondary N) is 1. The van der Waals surface area contributed by atoms with E-state index in [1.54, 1.807) is 0 Å². The number of fused-ring (bicyclic) bond motifs is 1. The van der Waals surface area contributed by atoms with E-state index in [9.17, 15) is 8.78 Å². The van der Waals surface area contributed by atoms with Gasteiger partial charge in [0.2, 0.25) is 5.88 Å². The van der Waals surface area contributed by atoms with E-state index in [1.165, 1.54) is 23.0 Å². The van der Waals surface area contributed by atoms with Gasteiger partial charge >= 0.3 is 0 Å². The van der Waals surface area contributed by atoms with Crippen LogP contribution in [0, 0.1) is 11.6 Å². The number of hydrogen-bond acceptors (Lipinski definition) is 6. The minimum absolute atomic E-state index is 0.109. The molecule has 8 nitrogen and oxygen atoms in total. The molecule has 0 bridgehead atoms. The zero-order valence-corrected chi connectivity index (χ0v) is 16.2. The lowest BCUT2D eigenvalue weighted by Crippen LogP contribution is -2.11. The van der Waals surface area contributed by atoms with Gasteiger partial charge in [-0.1, -0.05) is 12.8 Å². The van der Waals surface area contributed by atoms with E-state index in [0.717, 1.165) is 37.3 Å². The molecule has 5 rings (SSSR count). The standard InChI is InChI=1S/C20H19F2N7O/c1-11(18-23-10-24-26-18)30-20-15(12-4-2-3-5-12)9-17-25-27-19(29(17)28-20)14-7-6-13(21)8-16(14)22/h6-12H,2-5H2,1H3,(H,23,24,26). The molecule has 1 N–H and O–H groups in total. The van der Waals surface area contributed by atoms with Crippen LogP contribution in [0.5, 0.6) is 5.88 Å². The van der Waals surface area contributed by atoms with Crippen LogP contribution in [0.3, 0.4) is 0 Å². The van der Waals surface area contributed by atoms with Gasteiger partial charge < -0.3 is 4.74 Å². The number of benzene rings is 1. The first kappa shape index (κ1) is 18.6. The predicted molar refractivity (Wildman–Crippen MR) is 103 cm³/mol. The maximum atomic E-state index is 14.4. The molecular formula is C20H19F2N7O. The summed E-state index contributed by atoms with van der Waals surface area (Å²) >= 11 is 0. The van der Waals surface area contributed by atoms with Crippen LogP contribution in [0.15, 0.2) is 30.6 Å². The summed E-state index contributed by atoms with van der Waals surface area (Å²) < 4.78 is 35.3. The van der Waals surface area contributed by atoms with Gasteiger partial charge in [0.25, 0.3) is 0 Å². The monoisotopic (exact) mass is 411 g/mol. The number of ether oxygens (including phenoxy) is 1. The van der Waals surface area contributed by atoms with Gasteiger partial charge in [-0.3, -0.25) is 5.10 Å². The third-order valence-corrected chi connectivity index (χ3v) is 5.44. The van der Waals surface area contributed by atoms with Crippen LogP contribution in [0.1, 0.15) is 56.0 Å². The summed E-state index contributed by atoms with van der Waals surface area (Å²) in [5.74, 6) is 0.00180. The quantitative estimate of drug-likeness (QED) is 0.534. The van der Waals surface area contributed by atoms with Crippen molar-refractivity contribution in [1.82, 2.24) is 35.0 Å². The third kappa shape index (κ3) is 3.27. The van der Waals surface area contributed by atoms with Gasteiger partial charge in [0.15, 0.2) is 23.4 Å². The highest BCUT2D eigenvalue weighted by Crippen LogP contribution is 2.39. The van der Waals surface area contributed by atoms with Crippen LogP contribution in [0.2, 0.25) is 0 Å². The normalized spacial score (nSPS) is 15.7. The summed E-state index contributed by atoms with van der Waals surface area (Å²) in [6.07, 6.45) is 5.41. The molecular weight excluding hydrogens is 392 g/mol. The van der Waals surface area contributed by atoms with Crippen molar-refractivity contribution in [3.8, 4) is 17.3 Å². The van der Waals surface area contributed by atoms with E-state index in [1.807, 2.05) is 13.0 Å². The van der Waals surface area contributed by atoms with Crippen LogP contribution in [0.4, 0.5) is 8.78 Å². The van der Waals surface area contributed by atoms with E-state index in [0.29, 0.717) is 23.3 Å². The zero-order valence-electron chi connectivity index (χ0n) is 16.2. The van der Waals surface area contributed by atoms with Crippen molar-refractivity contribution in [2.45, 2.75) is 44.6 Å². The molecule has 1 unspecified atom stereocenters. The van der Waals surface area contributed by atoms with Crippen molar-refractivity contribution in [2.24, 2.45) is 0 Å². The number of aromatic nitrogens is 7. The van der Waals surface area contributed by atoms with Gasteiger partial charge in [-0.15, -0.1) is 15.3 Å². The second-order valence-electron chi connectivity index (χ2n) is 7.42. The summed E-state index contributed by atoms with van der Waals surface area (Å²) in [5.41, 5.74) is 1.53. The van der Waals surface area contributed by atoms with Crippen molar-refractivity contribution in [1.29, 1.82) is 0 Å². The van der Waals surface area contributed by atoms with E-state index in [2.05, 4.69) is 30.5 Å². The molecule has 1 fully saturated rings. The van der Waals surface area contributed by atoms with Crippen molar-refractivity contribution in [2.75, 3.05) is 0 Å². The predicted octanol–water partition coefficient (Wildman–Crippen LogP) is 3.99. The Morgan fingerprint density at radius 1 is 1.17 bits per heavy atom. The SMILES string of the molecule is CC(Oc1nn2c(-c3ccc(F)cc3F)nnc2cc1C1CCCC1)c1nc[nH]n1. The molecule has 0 aliphatic heterocycles. The highest BCUT2D eigenvalue weighted by atomic mass is 19.1. The number of halogens is 2. The van der Waals surface area contributed by atoms with E-state index >= 15 is 0 Å². The Bertz CT molecular complexity index is 1190. The Hall–Kier alpha value is -3.43. The Morgan fingerprint density at radius 3 is 2.73 bits per heavy atom. The number of H-pyrrole nitrogens is 1. The molecule has 0 amide bonds. The zero-order chi connectivity index (χ0) is 20.7. The van der Waals surface area contributed by atoms with E-state index in [4.69, 9.17) is 4.74 Å². The van der Waals surface area contributed by atoms with Crippen molar-refractivity contribution in [3.05, 3.63) is 53.6 Å². The lowest BCUT2D eigenvalue weighted by Gasteiger charge is -2.18. The van der Waals surface area contributed by atoms with Crippen LogP contribution in [-0.2, 0) is 0 Å². The van der Waals surface area contributed by atoms with Crippen molar-refractivity contribution < 1.29 is 13.5 Å². The van der Waals surface area contributed by atoms with Crippen molar-refractivity contribution in [3.63, 3.8) is 0 Å². The molecule has 0 spiro atoms.